The van der Waals surface area contributed by atoms with Gasteiger partial charge >= 0.3 is 0 Å². The van der Waals surface area contributed by atoms with Gasteiger partial charge in [0.05, 0.1) is 0 Å². The van der Waals surface area contributed by atoms with Gasteiger partial charge in [-0.15, -0.1) is 0 Å². The maximum Gasteiger partial charge on any atom is 0.250 e. The summed E-state index contributed by atoms with van der Waals surface area (Å²) in [6, 6.07) is 7.43. The van der Waals surface area contributed by atoms with Crippen LogP contribution in [0.5, 0.6) is 11.5 Å². The highest BCUT2D eigenvalue weighted by Gasteiger charge is 2.17. The smallest absolute Gasteiger partial charge is 0.250 e. The highest BCUT2D eigenvalue weighted by molar-refractivity contribution is 5.88. The maximum atomic E-state index is 11.9. The fourth-order valence-electron chi connectivity index (χ4n) is 1.81. The van der Waals surface area contributed by atoms with Crippen LogP contribution in [0.4, 0.5) is 0 Å². The number of hydrogen-bond acceptors (Lipinski definition) is 3. The molecule has 0 saturated heterocycles. The highest BCUT2D eigenvalue weighted by Crippen LogP contribution is 2.31. The number of benzene rings is 1. The zero-order chi connectivity index (χ0) is 13.0. The Bertz CT molecular complexity index is 464. The van der Waals surface area contributed by atoms with Crippen LogP contribution in [0.25, 0.3) is 0 Å². The zero-order valence-corrected chi connectivity index (χ0v) is 10.7. The highest BCUT2D eigenvalue weighted by atomic mass is 16.6. The molecule has 0 bridgehead atoms. The van der Waals surface area contributed by atoms with Crippen molar-refractivity contribution in [3.63, 3.8) is 0 Å². The molecule has 0 spiro atoms. The number of rotatable bonds is 3. The van der Waals surface area contributed by atoms with Crippen molar-refractivity contribution in [2.45, 2.75) is 13.8 Å². The molecule has 1 aliphatic rings. The lowest BCUT2D eigenvalue weighted by Crippen LogP contribution is -2.30. The third-order valence-corrected chi connectivity index (χ3v) is 2.82. The van der Waals surface area contributed by atoms with Crippen LogP contribution in [0.2, 0.25) is 0 Å². The first-order chi connectivity index (χ1) is 8.74. The number of nitrogens with zero attached hydrogens (tertiary/aromatic N) is 1. The molecular formula is C14H17NO3. The third-order valence-electron chi connectivity index (χ3n) is 2.82. The Labute approximate surface area is 107 Å². The third kappa shape index (κ3) is 2.64. The largest absolute Gasteiger partial charge is 0.482 e. The molecule has 2 rings (SSSR count). The maximum absolute atomic E-state index is 11.9. The molecule has 0 unspecified atom stereocenters. The van der Waals surface area contributed by atoms with E-state index < -0.39 is 0 Å². The van der Waals surface area contributed by atoms with E-state index in [1.54, 1.807) is 4.90 Å². The normalized spacial score (nSPS) is 15.6. The van der Waals surface area contributed by atoms with Crippen LogP contribution in [0.1, 0.15) is 13.8 Å². The molecule has 4 nitrogen and oxygen atoms in total. The lowest BCUT2D eigenvalue weighted by atomic mass is 10.3. The Morgan fingerprint density at radius 1 is 1.28 bits per heavy atom. The van der Waals surface area contributed by atoms with Crippen LogP contribution >= 0.6 is 0 Å². The molecule has 0 radical (unpaired) electrons. The van der Waals surface area contributed by atoms with E-state index in [1.807, 2.05) is 38.1 Å². The second-order valence-corrected chi connectivity index (χ2v) is 3.96. The molecule has 0 saturated carbocycles. The summed E-state index contributed by atoms with van der Waals surface area (Å²) in [5.41, 5.74) is 0. The van der Waals surface area contributed by atoms with Crippen LogP contribution in [0.15, 0.2) is 36.1 Å². The number of fused-ring (bicyclic) bond motifs is 1. The van der Waals surface area contributed by atoms with Crippen LogP contribution in [0.3, 0.4) is 0 Å². The lowest BCUT2D eigenvalue weighted by molar-refractivity contribution is -0.125. The molecule has 1 aromatic rings. The topological polar surface area (TPSA) is 38.8 Å². The summed E-state index contributed by atoms with van der Waals surface area (Å²) in [4.78, 5) is 13.6. The minimum Gasteiger partial charge on any atom is -0.482 e. The molecule has 18 heavy (non-hydrogen) atoms. The summed E-state index contributed by atoms with van der Waals surface area (Å²) < 4.78 is 11.2. The average Bonchev–Trinajstić information content (AvgIpc) is 2.40. The fourth-order valence-corrected chi connectivity index (χ4v) is 1.81. The second kappa shape index (κ2) is 5.58. The van der Waals surface area contributed by atoms with Gasteiger partial charge in [-0.1, -0.05) is 12.1 Å². The molecule has 1 aliphatic heterocycles. The molecule has 0 aromatic heterocycles. The quantitative estimate of drug-likeness (QED) is 0.769. The van der Waals surface area contributed by atoms with Gasteiger partial charge in [0, 0.05) is 19.2 Å². The SMILES string of the molecule is CCN(CC)C(=O)/C=C1\COc2ccccc2O1. The van der Waals surface area contributed by atoms with E-state index in [2.05, 4.69) is 0 Å². The molecular weight excluding hydrogens is 230 g/mol. The summed E-state index contributed by atoms with van der Waals surface area (Å²) in [5.74, 6) is 1.87. The van der Waals surface area contributed by atoms with Gasteiger partial charge in [-0.2, -0.15) is 0 Å². The molecule has 4 heteroatoms. The summed E-state index contributed by atoms with van der Waals surface area (Å²) in [7, 11) is 0. The van der Waals surface area contributed by atoms with E-state index in [0.717, 1.165) is 0 Å². The number of carbonyl (C=O) groups excluding carboxylic acids is 1. The van der Waals surface area contributed by atoms with Crippen LogP contribution in [0, 0.1) is 0 Å². The predicted octanol–water partition coefficient (Wildman–Crippen LogP) is 2.21. The summed E-state index contributed by atoms with van der Waals surface area (Å²) >= 11 is 0. The van der Waals surface area contributed by atoms with Gasteiger partial charge in [-0.3, -0.25) is 4.79 Å². The van der Waals surface area contributed by atoms with E-state index in [1.165, 1.54) is 6.08 Å². The number of amides is 1. The molecule has 1 aromatic carbocycles. The number of hydrogen-bond donors (Lipinski definition) is 0. The minimum atomic E-state index is -0.0435. The van der Waals surface area contributed by atoms with Crippen molar-refractivity contribution in [1.29, 1.82) is 0 Å². The van der Waals surface area contributed by atoms with Crippen molar-refractivity contribution >= 4 is 5.91 Å². The Morgan fingerprint density at radius 2 is 1.94 bits per heavy atom. The summed E-state index contributed by atoms with van der Waals surface area (Å²) in [6.45, 7) is 5.58. The van der Waals surface area contributed by atoms with E-state index >= 15 is 0 Å². The molecule has 0 fully saturated rings. The second-order valence-electron chi connectivity index (χ2n) is 3.96. The van der Waals surface area contributed by atoms with E-state index in [9.17, 15) is 4.79 Å². The number of para-hydroxylation sites is 2. The molecule has 96 valence electrons. The minimum absolute atomic E-state index is 0.0435. The van der Waals surface area contributed by atoms with Crippen molar-refractivity contribution in [3.05, 3.63) is 36.1 Å². The Hall–Kier alpha value is -1.97. The zero-order valence-electron chi connectivity index (χ0n) is 10.7. The van der Waals surface area contributed by atoms with Crippen LogP contribution < -0.4 is 9.47 Å². The van der Waals surface area contributed by atoms with Crippen molar-refractivity contribution in [3.8, 4) is 11.5 Å². The summed E-state index contributed by atoms with van der Waals surface area (Å²) in [6.07, 6.45) is 1.50. The molecule has 0 N–H and O–H groups in total. The van der Waals surface area contributed by atoms with Gasteiger partial charge in [0.1, 0.15) is 12.4 Å². The monoisotopic (exact) mass is 247 g/mol. The summed E-state index contributed by atoms with van der Waals surface area (Å²) in [5, 5.41) is 0. The van der Waals surface area contributed by atoms with E-state index in [0.29, 0.717) is 37.0 Å². The Kier molecular flexibility index (Phi) is 3.87. The average molecular weight is 247 g/mol. The van der Waals surface area contributed by atoms with Crippen molar-refractivity contribution in [2.24, 2.45) is 0 Å². The van der Waals surface area contributed by atoms with Gasteiger partial charge in [0.25, 0.3) is 0 Å². The fraction of sp³-hybridized carbons (Fsp3) is 0.357. The van der Waals surface area contributed by atoms with Gasteiger partial charge < -0.3 is 14.4 Å². The van der Waals surface area contributed by atoms with Gasteiger partial charge in [0.2, 0.25) is 5.91 Å². The van der Waals surface area contributed by atoms with Crippen LogP contribution in [-0.2, 0) is 4.79 Å². The first kappa shape index (κ1) is 12.5. The van der Waals surface area contributed by atoms with E-state index in [-0.39, 0.29) is 5.91 Å². The molecule has 1 amide bonds. The van der Waals surface area contributed by atoms with Crippen molar-refractivity contribution in [2.75, 3.05) is 19.7 Å². The van der Waals surface area contributed by atoms with Crippen molar-refractivity contribution in [1.82, 2.24) is 4.90 Å². The number of likely N-dealkylation sites (N-methyl/N-ethyl adjacent to an activating group) is 1. The number of ether oxygens (including phenoxy) is 2. The van der Waals surface area contributed by atoms with Gasteiger partial charge in [-0.05, 0) is 26.0 Å². The van der Waals surface area contributed by atoms with Crippen LogP contribution in [-0.4, -0.2) is 30.5 Å². The first-order valence-corrected chi connectivity index (χ1v) is 6.13. The van der Waals surface area contributed by atoms with Gasteiger partial charge in [-0.25, -0.2) is 0 Å². The predicted molar refractivity (Wildman–Crippen MR) is 68.6 cm³/mol. The van der Waals surface area contributed by atoms with E-state index in [4.69, 9.17) is 9.47 Å². The van der Waals surface area contributed by atoms with Gasteiger partial charge in [0.15, 0.2) is 11.5 Å². The molecule has 1 heterocycles. The standard InChI is InChI=1S/C14H17NO3/c1-3-15(4-2)14(16)9-11-10-17-12-7-5-6-8-13(12)18-11/h5-9H,3-4,10H2,1-2H3/b11-9+. The first-order valence-electron chi connectivity index (χ1n) is 6.13. The van der Waals surface area contributed by atoms with Crippen molar-refractivity contribution < 1.29 is 14.3 Å². The Balaban J connectivity index is 2.11. The number of carbonyl (C=O) groups is 1. The molecule has 0 aliphatic carbocycles. The molecule has 0 atom stereocenters. The Morgan fingerprint density at radius 3 is 2.61 bits per heavy atom. The lowest BCUT2D eigenvalue weighted by Gasteiger charge is -2.21.